The van der Waals surface area contributed by atoms with Gasteiger partial charge < -0.3 is 15.0 Å². The molecule has 19 heavy (non-hydrogen) atoms. The summed E-state index contributed by atoms with van der Waals surface area (Å²) < 4.78 is 5.45. The van der Waals surface area contributed by atoms with E-state index in [1.807, 2.05) is 0 Å². The van der Waals surface area contributed by atoms with Gasteiger partial charge in [-0.15, -0.1) is 0 Å². The first kappa shape index (κ1) is 16.9. The maximum Gasteiger partial charge on any atom is 0.0593 e. The van der Waals surface area contributed by atoms with Crippen molar-refractivity contribution < 1.29 is 4.74 Å². The van der Waals surface area contributed by atoms with Gasteiger partial charge in [0.25, 0.3) is 0 Å². The highest BCUT2D eigenvalue weighted by atomic mass is 16.5. The van der Waals surface area contributed by atoms with Gasteiger partial charge in [-0.25, -0.2) is 0 Å². The van der Waals surface area contributed by atoms with Gasteiger partial charge in [-0.2, -0.15) is 0 Å². The Hall–Kier alpha value is -0.120. The minimum Gasteiger partial charge on any atom is -0.380 e. The maximum absolute atomic E-state index is 5.45. The van der Waals surface area contributed by atoms with Crippen LogP contribution in [0.15, 0.2) is 0 Å². The van der Waals surface area contributed by atoms with Crippen molar-refractivity contribution in [2.24, 2.45) is 17.8 Å². The molecule has 0 aromatic carbocycles. The Kier molecular flexibility index (Phi) is 7.96. The Bertz CT molecular complexity index is 235. The third-order valence-electron chi connectivity index (χ3n) is 4.49. The monoisotopic (exact) mass is 270 g/mol. The first-order valence-electron chi connectivity index (χ1n) is 8.08. The van der Waals surface area contributed by atoms with Crippen molar-refractivity contribution in [3.63, 3.8) is 0 Å². The fourth-order valence-electron chi connectivity index (χ4n) is 3.53. The van der Waals surface area contributed by atoms with E-state index < -0.39 is 0 Å². The Morgan fingerprint density at radius 1 is 1.21 bits per heavy atom. The summed E-state index contributed by atoms with van der Waals surface area (Å²) in [5.74, 6) is 2.47. The fourth-order valence-corrected chi connectivity index (χ4v) is 3.53. The number of nitrogens with zero attached hydrogens (tertiary/aromatic N) is 1. The van der Waals surface area contributed by atoms with Crippen LogP contribution in [0.2, 0.25) is 0 Å². The van der Waals surface area contributed by atoms with Crippen LogP contribution in [-0.2, 0) is 4.74 Å². The minimum absolute atomic E-state index is 0.693. The highest BCUT2D eigenvalue weighted by Crippen LogP contribution is 2.34. The van der Waals surface area contributed by atoms with Crippen molar-refractivity contribution in [3.8, 4) is 0 Å². The first-order chi connectivity index (χ1) is 9.08. The van der Waals surface area contributed by atoms with Crippen LogP contribution in [0.3, 0.4) is 0 Å². The average Bonchev–Trinajstić information content (AvgIpc) is 2.34. The van der Waals surface area contributed by atoms with Crippen LogP contribution in [0.25, 0.3) is 0 Å². The summed E-state index contributed by atoms with van der Waals surface area (Å²) in [5.41, 5.74) is 0. The van der Waals surface area contributed by atoms with Crippen LogP contribution in [0.5, 0.6) is 0 Å². The quantitative estimate of drug-likeness (QED) is 0.686. The third-order valence-corrected chi connectivity index (χ3v) is 4.49. The van der Waals surface area contributed by atoms with E-state index in [9.17, 15) is 0 Å². The lowest BCUT2D eigenvalue weighted by atomic mass is 9.72. The van der Waals surface area contributed by atoms with Gasteiger partial charge in [0.05, 0.1) is 6.61 Å². The Labute approximate surface area is 120 Å². The van der Waals surface area contributed by atoms with Gasteiger partial charge in [0.1, 0.15) is 0 Å². The summed E-state index contributed by atoms with van der Waals surface area (Å²) in [4.78, 5) is 2.44. The van der Waals surface area contributed by atoms with Gasteiger partial charge in [-0.05, 0) is 51.1 Å². The molecule has 0 aliphatic heterocycles. The molecule has 1 fully saturated rings. The van der Waals surface area contributed by atoms with Crippen LogP contribution in [0.4, 0.5) is 0 Å². The largest absolute Gasteiger partial charge is 0.380 e. The molecule has 0 bridgehead atoms. The second-order valence-corrected chi connectivity index (χ2v) is 6.34. The summed E-state index contributed by atoms with van der Waals surface area (Å²) in [6.45, 7) is 14.1. The third kappa shape index (κ3) is 5.80. The van der Waals surface area contributed by atoms with E-state index in [-0.39, 0.29) is 0 Å². The van der Waals surface area contributed by atoms with Gasteiger partial charge in [0.2, 0.25) is 0 Å². The molecule has 0 heterocycles. The highest BCUT2D eigenvalue weighted by molar-refractivity contribution is 4.88. The van der Waals surface area contributed by atoms with Gasteiger partial charge in [0.15, 0.2) is 0 Å². The Morgan fingerprint density at radius 2 is 1.95 bits per heavy atom. The van der Waals surface area contributed by atoms with E-state index in [1.54, 1.807) is 0 Å². The molecular formula is C16H34N2O. The fraction of sp³-hybridized carbons (Fsp3) is 1.00. The molecule has 4 unspecified atom stereocenters. The zero-order chi connectivity index (χ0) is 14.3. The molecule has 3 nitrogen and oxygen atoms in total. The summed E-state index contributed by atoms with van der Waals surface area (Å²) in [5, 5.41) is 3.71. The molecule has 1 saturated carbocycles. The normalized spacial score (nSPS) is 31.9. The number of hydrogen-bond acceptors (Lipinski definition) is 3. The topological polar surface area (TPSA) is 24.5 Å². The predicted molar refractivity (Wildman–Crippen MR) is 82.5 cm³/mol. The predicted octanol–water partition coefficient (Wildman–Crippen LogP) is 2.62. The lowest BCUT2D eigenvalue weighted by Crippen LogP contribution is -2.48. The van der Waals surface area contributed by atoms with Crippen molar-refractivity contribution >= 4 is 0 Å². The van der Waals surface area contributed by atoms with Crippen molar-refractivity contribution in [1.29, 1.82) is 0 Å². The summed E-state index contributed by atoms with van der Waals surface area (Å²) in [6.07, 6.45) is 2.72. The van der Waals surface area contributed by atoms with Gasteiger partial charge >= 0.3 is 0 Å². The summed E-state index contributed by atoms with van der Waals surface area (Å²) >= 11 is 0. The number of hydrogen-bond donors (Lipinski definition) is 1. The lowest BCUT2D eigenvalue weighted by Gasteiger charge is -2.41. The molecule has 0 radical (unpaired) electrons. The van der Waals surface area contributed by atoms with E-state index in [2.05, 4.69) is 45.0 Å². The molecule has 3 heteroatoms. The Morgan fingerprint density at radius 3 is 2.58 bits per heavy atom. The van der Waals surface area contributed by atoms with Crippen LogP contribution in [0, 0.1) is 17.8 Å². The van der Waals surface area contributed by atoms with Crippen molar-refractivity contribution in [1.82, 2.24) is 10.2 Å². The van der Waals surface area contributed by atoms with Crippen molar-refractivity contribution in [2.75, 3.05) is 39.9 Å². The second-order valence-electron chi connectivity index (χ2n) is 6.34. The first-order valence-corrected chi connectivity index (χ1v) is 8.08. The van der Waals surface area contributed by atoms with E-state index >= 15 is 0 Å². The van der Waals surface area contributed by atoms with E-state index in [0.717, 1.165) is 44.1 Å². The van der Waals surface area contributed by atoms with Crippen LogP contribution in [0.1, 0.15) is 40.5 Å². The standard InChI is InChI=1S/C16H34N2O/c1-6-17-16-11-13(3)10-14(4)15(16)12-18(5)8-9-19-7-2/h13-17H,6-12H2,1-5H3. The lowest BCUT2D eigenvalue weighted by molar-refractivity contribution is 0.0842. The molecule has 1 rings (SSSR count). The molecule has 0 spiro atoms. The number of likely N-dealkylation sites (N-methyl/N-ethyl adjacent to an activating group) is 1. The minimum atomic E-state index is 0.693. The van der Waals surface area contributed by atoms with Gasteiger partial charge in [-0.1, -0.05) is 20.8 Å². The molecular weight excluding hydrogens is 236 g/mol. The number of rotatable bonds is 8. The zero-order valence-electron chi connectivity index (χ0n) is 13.6. The van der Waals surface area contributed by atoms with Gasteiger partial charge in [0, 0.05) is 25.7 Å². The van der Waals surface area contributed by atoms with Crippen LogP contribution >= 0.6 is 0 Å². The average molecular weight is 270 g/mol. The molecule has 0 saturated heterocycles. The smallest absolute Gasteiger partial charge is 0.0593 e. The molecule has 1 aliphatic carbocycles. The van der Waals surface area contributed by atoms with Gasteiger partial charge in [-0.3, -0.25) is 0 Å². The molecule has 114 valence electrons. The van der Waals surface area contributed by atoms with Crippen molar-refractivity contribution in [3.05, 3.63) is 0 Å². The Balaban J connectivity index is 2.46. The van der Waals surface area contributed by atoms with Crippen LogP contribution in [-0.4, -0.2) is 50.8 Å². The second kappa shape index (κ2) is 8.93. The van der Waals surface area contributed by atoms with E-state index in [0.29, 0.717) is 6.04 Å². The molecule has 0 aromatic heterocycles. The molecule has 1 aliphatic rings. The molecule has 0 amide bonds. The highest BCUT2D eigenvalue weighted by Gasteiger charge is 2.33. The molecule has 1 N–H and O–H groups in total. The zero-order valence-corrected chi connectivity index (χ0v) is 13.6. The number of ether oxygens (including phenoxy) is 1. The number of nitrogens with one attached hydrogen (secondary N) is 1. The summed E-state index contributed by atoms with van der Waals surface area (Å²) in [6, 6.07) is 0.693. The van der Waals surface area contributed by atoms with Crippen molar-refractivity contribution in [2.45, 2.75) is 46.6 Å². The molecule has 4 atom stereocenters. The maximum atomic E-state index is 5.45. The van der Waals surface area contributed by atoms with E-state index in [1.165, 1.54) is 19.4 Å². The SMILES string of the molecule is CCNC1CC(C)CC(C)C1CN(C)CCOCC. The molecule has 0 aromatic rings. The van der Waals surface area contributed by atoms with Crippen LogP contribution < -0.4 is 5.32 Å². The van der Waals surface area contributed by atoms with E-state index in [4.69, 9.17) is 4.74 Å². The summed E-state index contributed by atoms with van der Waals surface area (Å²) in [7, 11) is 2.23.